The summed E-state index contributed by atoms with van der Waals surface area (Å²) in [5, 5.41) is 12.2. The predicted octanol–water partition coefficient (Wildman–Crippen LogP) is 3.89. The van der Waals surface area contributed by atoms with E-state index in [1.165, 1.54) is 11.8 Å². The summed E-state index contributed by atoms with van der Waals surface area (Å²) in [7, 11) is 0. The van der Waals surface area contributed by atoms with Gasteiger partial charge in [-0.1, -0.05) is 36.0 Å². The van der Waals surface area contributed by atoms with Crippen molar-refractivity contribution in [3.8, 4) is 11.4 Å². The molecule has 2 aromatic carbocycles. The minimum absolute atomic E-state index is 0.0649. The summed E-state index contributed by atoms with van der Waals surface area (Å²) in [6.45, 7) is 6.77. The summed E-state index contributed by atoms with van der Waals surface area (Å²) in [4.78, 5) is 12.4. The van der Waals surface area contributed by atoms with Crippen LogP contribution in [0.1, 0.15) is 18.1 Å². The molecule has 1 aromatic heterocycles. The second-order valence-electron chi connectivity index (χ2n) is 6.26. The molecular weight excluding hydrogens is 358 g/mol. The molecule has 0 atom stereocenters. The monoisotopic (exact) mass is 381 g/mol. The number of thioether (sulfide) groups is 1. The van der Waals surface area contributed by atoms with Gasteiger partial charge in [0.1, 0.15) is 0 Å². The molecule has 0 unspecified atom stereocenters. The van der Waals surface area contributed by atoms with Gasteiger partial charge in [0, 0.05) is 23.5 Å². The van der Waals surface area contributed by atoms with Gasteiger partial charge in [0.15, 0.2) is 11.0 Å². The highest BCUT2D eigenvalue weighted by Gasteiger charge is 2.15. The number of nitrogens with one attached hydrogen (secondary N) is 1. The van der Waals surface area contributed by atoms with Crippen LogP contribution in [0.3, 0.4) is 0 Å². The highest BCUT2D eigenvalue weighted by molar-refractivity contribution is 7.99. The Balaban J connectivity index is 1.71. The topological polar surface area (TPSA) is 85.8 Å². The first-order chi connectivity index (χ1) is 13.0. The second kappa shape index (κ2) is 8.26. The lowest BCUT2D eigenvalue weighted by molar-refractivity contribution is -0.113. The fraction of sp³-hybridized carbons (Fsp3) is 0.250. The van der Waals surface area contributed by atoms with Crippen LogP contribution in [0.5, 0.6) is 0 Å². The van der Waals surface area contributed by atoms with Gasteiger partial charge in [-0.3, -0.25) is 4.79 Å². The third kappa shape index (κ3) is 4.31. The van der Waals surface area contributed by atoms with Crippen molar-refractivity contribution in [2.24, 2.45) is 0 Å². The number of amides is 1. The lowest BCUT2D eigenvalue weighted by Crippen LogP contribution is -2.15. The summed E-state index contributed by atoms with van der Waals surface area (Å²) in [5.74, 6) is 0.953. The zero-order chi connectivity index (χ0) is 19.4. The Kier molecular flexibility index (Phi) is 5.81. The van der Waals surface area contributed by atoms with E-state index in [1.54, 1.807) is 0 Å². The maximum atomic E-state index is 12.4. The smallest absolute Gasteiger partial charge is 0.234 e. The number of hydrogen-bond acceptors (Lipinski definition) is 5. The number of aryl methyl sites for hydroxylation is 1. The fourth-order valence-electron chi connectivity index (χ4n) is 2.77. The first kappa shape index (κ1) is 19.0. The first-order valence-electron chi connectivity index (χ1n) is 8.77. The summed E-state index contributed by atoms with van der Waals surface area (Å²) in [6.07, 6.45) is 0. The minimum Gasteiger partial charge on any atom is -0.399 e. The molecule has 1 amide bonds. The lowest BCUT2D eigenvalue weighted by Gasteiger charge is -2.10. The van der Waals surface area contributed by atoms with Gasteiger partial charge < -0.3 is 15.6 Å². The molecule has 1 heterocycles. The molecule has 0 saturated carbocycles. The number of carbonyl (C=O) groups is 1. The largest absolute Gasteiger partial charge is 0.399 e. The van der Waals surface area contributed by atoms with Crippen molar-refractivity contribution < 1.29 is 4.79 Å². The number of aromatic nitrogens is 3. The molecule has 3 aromatic rings. The summed E-state index contributed by atoms with van der Waals surface area (Å²) in [6, 6.07) is 13.4. The van der Waals surface area contributed by atoms with Gasteiger partial charge in [-0.05, 0) is 50.1 Å². The standard InChI is InChI=1S/C20H23N5OS/c1-4-25-19(15-8-6-9-16(21)11-15)23-24-20(25)27-12-18(26)22-17-10-5-7-13(2)14(17)3/h5-11H,4,12,21H2,1-3H3,(H,22,26). The summed E-state index contributed by atoms with van der Waals surface area (Å²) >= 11 is 1.37. The fourth-order valence-corrected chi connectivity index (χ4v) is 3.58. The van der Waals surface area contributed by atoms with E-state index in [4.69, 9.17) is 5.73 Å². The van der Waals surface area contributed by atoms with E-state index in [9.17, 15) is 4.79 Å². The van der Waals surface area contributed by atoms with Crippen LogP contribution in [-0.2, 0) is 11.3 Å². The number of nitrogen functional groups attached to an aromatic ring is 1. The van der Waals surface area contributed by atoms with E-state index in [-0.39, 0.29) is 11.7 Å². The normalized spacial score (nSPS) is 10.8. The number of hydrogen-bond donors (Lipinski definition) is 2. The van der Waals surface area contributed by atoms with Crippen molar-refractivity contribution >= 4 is 29.0 Å². The van der Waals surface area contributed by atoms with E-state index in [2.05, 4.69) is 15.5 Å². The Morgan fingerprint density at radius 1 is 1.19 bits per heavy atom. The highest BCUT2D eigenvalue weighted by Crippen LogP contribution is 2.25. The average molecular weight is 382 g/mol. The number of carbonyl (C=O) groups excluding carboxylic acids is 1. The quantitative estimate of drug-likeness (QED) is 0.500. The molecule has 0 bridgehead atoms. The van der Waals surface area contributed by atoms with Gasteiger partial charge in [-0.15, -0.1) is 10.2 Å². The van der Waals surface area contributed by atoms with E-state index in [1.807, 2.05) is 67.8 Å². The molecule has 0 saturated heterocycles. The van der Waals surface area contributed by atoms with Crippen molar-refractivity contribution in [3.63, 3.8) is 0 Å². The zero-order valence-electron chi connectivity index (χ0n) is 15.7. The van der Waals surface area contributed by atoms with Crippen molar-refractivity contribution in [1.82, 2.24) is 14.8 Å². The highest BCUT2D eigenvalue weighted by atomic mass is 32.2. The Morgan fingerprint density at radius 2 is 1.96 bits per heavy atom. The zero-order valence-corrected chi connectivity index (χ0v) is 16.5. The van der Waals surface area contributed by atoms with Gasteiger partial charge in [0.05, 0.1) is 5.75 Å². The van der Waals surface area contributed by atoms with Gasteiger partial charge in [0.25, 0.3) is 0 Å². The van der Waals surface area contributed by atoms with Gasteiger partial charge >= 0.3 is 0 Å². The van der Waals surface area contributed by atoms with E-state index in [0.29, 0.717) is 17.4 Å². The second-order valence-corrected chi connectivity index (χ2v) is 7.20. The van der Waals surface area contributed by atoms with Gasteiger partial charge in [-0.2, -0.15) is 0 Å². The van der Waals surface area contributed by atoms with Crippen LogP contribution in [0.2, 0.25) is 0 Å². The molecule has 140 valence electrons. The van der Waals surface area contributed by atoms with Gasteiger partial charge in [0.2, 0.25) is 5.91 Å². The maximum absolute atomic E-state index is 12.4. The molecule has 7 heteroatoms. The molecule has 0 aliphatic rings. The van der Waals surface area contributed by atoms with Crippen LogP contribution in [0.25, 0.3) is 11.4 Å². The molecule has 0 aliphatic heterocycles. The Labute approximate surface area is 163 Å². The first-order valence-corrected chi connectivity index (χ1v) is 9.76. The van der Waals surface area contributed by atoms with Gasteiger partial charge in [-0.25, -0.2) is 0 Å². The Morgan fingerprint density at radius 3 is 2.70 bits per heavy atom. The van der Waals surface area contributed by atoms with Crippen molar-refractivity contribution in [3.05, 3.63) is 53.6 Å². The summed E-state index contributed by atoms with van der Waals surface area (Å²) < 4.78 is 1.99. The Hall–Kier alpha value is -2.80. The minimum atomic E-state index is -0.0649. The third-order valence-electron chi connectivity index (χ3n) is 4.39. The Bertz CT molecular complexity index is 967. The SMILES string of the molecule is CCn1c(SCC(=O)Nc2cccc(C)c2C)nnc1-c1cccc(N)c1. The van der Waals surface area contributed by atoms with E-state index in [0.717, 1.165) is 28.2 Å². The molecule has 0 fully saturated rings. The number of anilines is 2. The average Bonchev–Trinajstić information content (AvgIpc) is 3.07. The molecule has 3 rings (SSSR count). The van der Waals surface area contributed by atoms with E-state index >= 15 is 0 Å². The lowest BCUT2D eigenvalue weighted by atomic mass is 10.1. The number of nitrogens with two attached hydrogens (primary N) is 1. The van der Waals surface area contributed by atoms with Crippen LogP contribution in [0.15, 0.2) is 47.6 Å². The third-order valence-corrected chi connectivity index (χ3v) is 5.36. The van der Waals surface area contributed by atoms with Crippen LogP contribution in [-0.4, -0.2) is 26.4 Å². The van der Waals surface area contributed by atoms with Crippen LogP contribution in [0, 0.1) is 13.8 Å². The molecular formula is C20H23N5OS. The molecule has 3 N–H and O–H groups in total. The van der Waals surface area contributed by atoms with E-state index < -0.39 is 0 Å². The van der Waals surface area contributed by atoms with Crippen LogP contribution < -0.4 is 11.1 Å². The maximum Gasteiger partial charge on any atom is 0.234 e. The van der Waals surface area contributed by atoms with Crippen molar-refractivity contribution in [2.75, 3.05) is 16.8 Å². The molecule has 0 spiro atoms. The molecule has 6 nitrogen and oxygen atoms in total. The van der Waals surface area contributed by atoms with Crippen molar-refractivity contribution in [2.45, 2.75) is 32.5 Å². The van der Waals surface area contributed by atoms with Crippen molar-refractivity contribution in [1.29, 1.82) is 0 Å². The molecule has 0 aliphatic carbocycles. The van der Waals surface area contributed by atoms with Crippen LogP contribution >= 0.6 is 11.8 Å². The summed E-state index contributed by atoms with van der Waals surface area (Å²) in [5.41, 5.74) is 10.5. The number of nitrogens with zero attached hydrogens (tertiary/aromatic N) is 3. The van der Waals surface area contributed by atoms with Crippen LogP contribution in [0.4, 0.5) is 11.4 Å². The molecule has 27 heavy (non-hydrogen) atoms. The number of rotatable bonds is 6. The predicted molar refractivity (Wildman–Crippen MR) is 111 cm³/mol. The number of benzene rings is 2. The molecule has 0 radical (unpaired) electrons.